The summed E-state index contributed by atoms with van der Waals surface area (Å²) in [5.74, 6) is 2.20. The Morgan fingerprint density at radius 2 is 2.29 bits per heavy atom. The van der Waals surface area contributed by atoms with E-state index < -0.39 is 0 Å². The van der Waals surface area contributed by atoms with Gasteiger partial charge >= 0.3 is 0 Å². The Morgan fingerprint density at radius 3 is 2.79 bits per heavy atom. The molecule has 0 spiro atoms. The van der Waals surface area contributed by atoms with E-state index in [0.717, 1.165) is 24.8 Å². The molecule has 3 heteroatoms. The third-order valence-corrected chi connectivity index (χ3v) is 3.10. The first-order valence-electron chi connectivity index (χ1n) is 5.60. The Labute approximate surface area is 86.4 Å². The zero-order chi connectivity index (χ0) is 10.6. The molecule has 0 aromatic carbocycles. The molecular formula is C11H22N2O. The van der Waals surface area contributed by atoms with Crippen LogP contribution in [0.3, 0.4) is 0 Å². The van der Waals surface area contributed by atoms with Gasteiger partial charge in [-0.25, -0.2) is 0 Å². The molecule has 0 aromatic heterocycles. The van der Waals surface area contributed by atoms with Crippen molar-refractivity contribution in [3.63, 3.8) is 0 Å². The molecule has 1 rings (SSSR count). The van der Waals surface area contributed by atoms with Gasteiger partial charge in [0.1, 0.15) is 0 Å². The smallest absolute Gasteiger partial charge is 0.220 e. The maximum absolute atomic E-state index is 11.4. The number of nitrogens with two attached hydrogens (primary N) is 1. The molecule has 82 valence electrons. The summed E-state index contributed by atoms with van der Waals surface area (Å²) in [7, 11) is 0. The number of hydrogen-bond donors (Lipinski definition) is 2. The summed E-state index contributed by atoms with van der Waals surface area (Å²) in [6.45, 7) is 5.85. The highest BCUT2D eigenvalue weighted by atomic mass is 16.1. The van der Waals surface area contributed by atoms with E-state index in [0.29, 0.717) is 18.9 Å². The van der Waals surface area contributed by atoms with Gasteiger partial charge in [-0.05, 0) is 37.1 Å². The van der Waals surface area contributed by atoms with Crippen LogP contribution >= 0.6 is 0 Å². The van der Waals surface area contributed by atoms with Crippen LogP contribution in [0.15, 0.2) is 0 Å². The largest absolute Gasteiger partial charge is 0.356 e. The highest BCUT2D eigenvalue weighted by molar-refractivity contribution is 5.75. The summed E-state index contributed by atoms with van der Waals surface area (Å²) >= 11 is 0. The van der Waals surface area contributed by atoms with Crippen LogP contribution in [0.4, 0.5) is 0 Å². The van der Waals surface area contributed by atoms with E-state index in [1.807, 2.05) is 0 Å². The van der Waals surface area contributed by atoms with Crippen LogP contribution in [0, 0.1) is 17.8 Å². The van der Waals surface area contributed by atoms with Crippen molar-refractivity contribution < 1.29 is 4.79 Å². The fourth-order valence-electron chi connectivity index (χ4n) is 1.51. The lowest BCUT2D eigenvalue weighted by atomic mass is 10.1. The van der Waals surface area contributed by atoms with Crippen molar-refractivity contribution in [2.75, 3.05) is 13.1 Å². The molecule has 1 aliphatic carbocycles. The van der Waals surface area contributed by atoms with Gasteiger partial charge in [-0.2, -0.15) is 0 Å². The predicted octanol–water partition coefficient (Wildman–Crippen LogP) is 1.13. The van der Waals surface area contributed by atoms with E-state index in [1.165, 1.54) is 6.42 Å². The highest BCUT2D eigenvalue weighted by Gasteiger charge is 2.32. The lowest BCUT2D eigenvalue weighted by Gasteiger charge is -2.08. The molecule has 14 heavy (non-hydrogen) atoms. The van der Waals surface area contributed by atoms with Crippen LogP contribution in [-0.2, 0) is 4.79 Å². The van der Waals surface area contributed by atoms with Gasteiger partial charge in [0.2, 0.25) is 5.91 Å². The van der Waals surface area contributed by atoms with E-state index in [2.05, 4.69) is 19.2 Å². The third-order valence-electron chi connectivity index (χ3n) is 3.10. The van der Waals surface area contributed by atoms with E-state index in [1.54, 1.807) is 0 Å². The van der Waals surface area contributed by atoms with Crippen LogP contribution in [0.5, 0.6) is 0 Å². The van der Waals surface area contributed by atoms with Gasteiger partial charge < -0.3 is 11.1 Å². The minimum absolute atomic E-state index is 0.185. The van der Waals surface area contributed by atoms with Crippen LogP contribution in [0.25, 0.3) is 0 Å². The first-order valence-corrected chi connectivity index (χ1v) is 5.60. The Hall–Kier alpha value is -0.570. The Bertz CT molecular complexity index is 184. The molecule has 0 heterocycles. The summed E-state index contributed by atoms with van der Waals surface area (Å²) in [6, 6.07) is 0. The Kier molecular flexibility index (Phi) is 4.39. The van der Waals surface area contributed by atoms with Crippen molar-refractivity contribution in [1.29, 1.82) is 0 Å². The molecule has 0 radical (unpaired) electrons. The molecule has 0 bridgehead atoms. The maximum Gasteiger partial charge on any atom is 0.220 e. The van der Waals surface area contributed by atoms with Crippen molar-refractivity contribution >= 4 is 5.91 Å². The normalized spacial score (nSPS) is 27.1. The fourth-order valence-corrected chi connectivity index (χ4v) is 1.51. The number of nitrogens with one attached hydrogen (secondary N) is 1. The highest BCUT2D eigenvalue weighted by Crippen LogP contribution is 2.36. The van der Waals surface area contributed by atoms with Gasteiger partial charge in [0.25, 0.3) is 0 Å². The number of carbonyl (C=O) groups excluding carboxylic acids is 1. The average molecular weight is 198 g/mol. The summed E-state index contributed by atoms with van der Waals surface area (Å²) < 4.78 is 0. The van der Waals surface area contributed by atoms with Crippen molar-refractivity contribution in [2.24, 2.45) is 23.5 Å². The van der Waals surface area contributed by atoms with Crippen LogP contribution in [-0.4, -0.2) is 19.0 Å². The van der Waals surface area contributed by atoms with Crippen LogP contribution in [0.1, 0.15) is 33.1 Å². The van der Waals surface area contributed by atoms with Crippen molar-refractivity contribution in [3.05, 3.63) is 0 Å². The van der Waals surface area contributed by atoms with E-state index in [-0.39, 0.29) is 5.91 Å². The monoisotopic (exact) mass is 198 g/mol. The number of amides is 1. The zero-order valence-electron chi connectivity index (χ0n) is 9.25. The molecule has 0 saturated heterocycles. The second-order valence-electron chi connectivity index (χ2n) is 4.66. The minimum Gasteiger partial charge on any atom is -0.356 e. The lowest BCUT2D eigenvalue weighted by Crippen LogP contribution is -2.26. The molecule has 1 amide bonds. The Morgan fingerprint density at radius 1 is 1.64 bits per heavy atom. The number of rotatable bonds is 6. The van der Waals surface area contributed by atoms with Gasteiger partial charge in [-0.15, -0.1) is 0 Å². The van der Waals surface area contributed by atoms with Gasteiger partial charge in [0.15, 0.2) is 0 Å². The fraction of sp³-hybridized carbons (Fsp3) is 0.909. The van der Waals surface area contributed by atoms with Gasteiger partial charge in [-0.1, -0.05) is 13.8 Å². The quantitative estimate of drug-likeness (QED) is 0.672. The number of carbonyl (C=O) groups is 1. The number of hydrogen-bond acceptors (Lipinski definition) is 2. The van der Waals surface area contributed by atoms with Crippen LogP contribution in [0.2, 0.25) is 0 Å². The van der Waals surface area contributed by atoms with Gasteiger partial charge in [0, 0.05) is 13.0 Å². The molecule has 3 atom stereocenters. The zero-order valence-corrected chi connectivity index (χ0v) is 9.25. The second kappa shape index (κ2) is 5.35. The summed E-state index contributed by atoms with van der Waals surface area (Å²) in [5, 5.41) is 2.97. The molecule has 1 saturated carbocycles. The van der Waals surface area contributed by atoms with Crippen LogP contribution < -0.4 is 11.1 Å². The molecule has 3 N–H and O–H groups in total. The second-order valence-corrected chi connectivity index (χ2v) is 4.66. The van der Waals surface area contributed by atoms with Gasteiger partial charge in [-0.3, -0.25) is 4.79 Å². The molecule has 1 fully saturated rings. The van der Waals surface area contributed by atoms with E-state index in [9.17, 15) is 4.79 Å². The summed E-state index contributed by atoms with van der Waals surface area (Å²) in [6.07, 6.45) is 2.81. The molecule has 0 aliphatic heterocycles. The first kappa shape index (κ1) is 11.5. The summed E-state index contributed by atoms with van der Waals surface area (Å²) in [5.41, 5.74) is 5.48. The topological polar surface area (TPSA) is 55.1 Å². The lowest BCUT2D eigenvalue weighted by molar-refractivity contribution is -0.121. The Balaban J connectivity index is 1.98. The van der Waals surface area contributed by atoms with E-state index >= 15 is 0 Å². The van der Waals surface area contributed by atoms with E-state index in [4.69, 9.17) is 5.73 Å². The minimum atomic E-state index is 0.185. The molecular weight excluding hydrogens is 176 g/mol. The molecule has 0 aromatic rings. The molecule has 1 aliphatic rings. The van der Waals surface area contributed by atoms with Crippen molar-refractivity contribution in [2.45, 2.75) is 33.1 Å². The predicted molar refractivity (Wildman–Crippen MR) is 57.7 cm³/mol. The van der Waals surface area contributed by atoms with Gasteiger partial charge in [0.05, 0.1) is 0 Å². The molecule has 3 nitrogen and oxygen atoms in total. The van der Waals surface area contributed by atoms with Crippen molar-refractivity contribution in [3.8, 4) is 0 Å². The SMILES string of the molecule is CC(CN)CCC(=O)NCC1CC1C. The standard InChI is InChI=1S/C11H22N2O/c1-8(6-12)3-4-11(14)13-7-10-5-9(10)2/h8-10H,3-7,12H2,1-2H3,(H,13,14). The molecule has 3 unspecified atom stereocenters. The van der Waals surface area contributed by atoms with Crippen molar-refractivity contribution in [1.82, 2.24) is 5.32 Å². The average Bonchev–Trinajstić information content (AvgIpc) is 2.87. The third kappa shape index (κ3) is 4.09. The first-order chi connectivity index (χ1) is 6.63. The summed E-state index contributed by atoms with van der Waals surface area (Å²) in [4.78, 5) is 11.4. The maximum atomic E-state index is 11.4.